The van der Waals surface area contributed by atoms with E-state index in [4.69, 9.17) is 9.47 Å². The number of fused-ring (bicyclic) bond motifs is 4. The van der Waals surface area contributed by atoms with E-state index >= 15 is 0 Å². The third-order valence-corrected chi connectivity index (χ3v) is 6.39. The zero-order chi connectivity index (χ0) is 19.0. The van der Waals surface area contributed by atoms with Crippen molar-refractivity contribution in [3.05, 3.63) is 36.0 Å². The predicted molar refractivity (Wildman–Crippen MR) is 105 cm³/mol. The minimum Gasteiger partial charge on any atom is -0.497 e. The summed E-state index contributed by atoms with van der Waals surface area (Å²) in [6.45, 7) is 5.99. The quantitative estimate of drug-likeness (QED) is 0.748. The molecule has 5 rings (SSSR count). The second kappa shape index (κ2) is 7.47. The molecule has 0 amide bonds. The number of piperidine rings is 3. The van der Waals surface area contributed by atoms with Crippen LogP contribution >= 0.6 is 0 Å². The first-order valence-corrected chi connectivity index (χ1v) is 9.94. The minimum absolute atomic E-state index is 0.229. The van der Waals surface area contributed by atoms with Gasteiger partial charge in [-0.15, -0.1) is 0 Å². The van der Waals surface area contributed by atoms with Crippen LogP contribution in [0.2, 0.25) is 0 Å². The van der Waals surface area contributed by atoms with Gasteiger partial charge in [0.25, 0.3) is 0 Å². The fourth-order valence-electron chi connectivity index (χ4n) is 5.01. The number of hydrogen-bond acceptors (Lipinski definition) is 5. The summed E-state index contributed by atoms with van der Waals surface area (Å²) in [5, 5.41) is 0.998. The van der Waals surface area contributed by atoms with Crippen molar-refractivity contribution in [2.75, 3.05) is 20.2 Å². The van der Waals surface area contributed by atoms with Gasteiger partial charge in [-0.2, -0.15) is 0 Å². The molecule has 1 aromatic heterocycles. The minimum atomic E-state index is -0.277. The van der Waals surface area contributed by atoms with Crippen LogP contribution < -0.4 is 4.74 Å². The van der Waals surface area contributed by atoms with Gasteiger partial charge in [-0.05, 0) is 55.5 Å². The highest BCUT2D eigenvalue weighted by atomic mass is 16.5. The third kappa shape index (κ3) is 3.41. The summed E-state index contributed by atoms with van der Waals surface area (Å²) in [7, 11) is 1.66. The Labute approximate surface area is 160 Å². The van der Waals surface area contributed by atoms with E-state index in [2.05, 4.69) is 16.8 Å². The van der Waals surface area contributed by atoms with Crippen LogP contribution in [0.4, 0.5) is 0 Å². The van der Waals surface area contributed by atoms with Crippen LogP contribution in [-0.2, 0) is 9.53 Å². The van der Waals surface area contributed by atoms with Gasteiger partial charge in [0.15, 0.2) is 0 Å². The van der Waals surface area contributed by atoms with Crippen LogP contribution in [-0.4, -0.2) is 42.1 Å². The number of esters is 1. The van der Waals surface area contributed by atoms with Gasteiger partial charge < -0.3 is 9.47 Å². The summed E-state index contributed by atoms with van der Waals surface area (Å²) < 4.78 is 11.3. The van der Waals surface area contributed by atoms with Gasteiger partial charge >= 0.3 is 5.97 Å². The standard InChI is InChI=1S/C22H28N2O3/c1-4-15-13-24-10-8-16(15)11-21(24)22(27-14(2)25)18-7-9-23-20-6-5-17(26-3)12-19(18)20/h5-7,9,12,15-16,21-22H,4,8,10-11,13H2,1-3H3/t15-,16+,21+,22-/m1/s1. The molecular weight excluding hydrogens is 340 g/mol. The van der Waals surface area contributed by atoms with E-state index in [1.807, 2.05) is 30.5 Å². The molecule has 27 heavy (non-hydrogen) atoms. The van der Waals surface area contributed by atoms with Crippen molar-refractivity contribution >= 4 is 16.9 Å². The fraction of sp³-hybridized carbons (Fsp3) is 0.545. The maximum Gasteiger partial charge on any atom is 0.303 e. The number of aromatic nitrogens is 1. The van der Waals surface area contributed by atoms with Gasteiger partial charge in [0, 0.05) is 30.6 Å². The largest absolute Gasteiger partial charge is 0.497 e. The van der Waals surface area contributed by atoms with Crippen molar-refractivity contribution in [2.24, 2.45) is 11.8 Å². The highest BCUT2D eigenvalue weighted by Crippen LogP contribution is 2.44. The van der Waals surface area contributed by atoms with E-state index in [9.17, 15) is 4.79 Å². The number of benzene rings is 1. The molecular formula is C22H28N2O3. The predicted octanol–water partition coefficient (Wildman–Crippen LogP) is 3.97. The second-order valence-electron chi connectivity index (χ2n) is 7.83. The van der Waals surface area contributed by atoms with E-state index in [0.717, 1.165) is 53.6 Å². The van der Waals surface area contributed by atoms with Crippen LogP contribution in [0.15, 0.2) is 30.5 Å². The van der Waals surface area contributed by atoms with Crippen LogP contribution in [0.3, 0.4) is 0 Å². The molecule has 0 spiro atoms. The van der Waals surface area contributed by atoms with Crippen molar-refractivity contribution in [3.8, 4) is 5.75 Å². The Bertz CT molecular complexity index is 837. The number of hydrogen-bond donors (Lipinski definition) is 0. The molecule has 0 N–H and O–H groups in total. The van der Waals surface area contributed by atoms with Gasteiger partial charge in [-0.3, -0.25) is 14.7 Å². The van der Waals surface area contributed by atoms with Crippen molar-refractivity contribution in [1.82, 2.24) is 9.88 Å². The molecule has 3 aliphatic rings. The van der Waals surface area contributed by atoms with Gasteiger partial charge in [0.05, 0.1) is 18.7 Å². The molecule has 0 radical (unpaired) electrons. The Morgan fingerprint density at radius 3 is 2.89 bits per heavy atom. The molecule has 1 aromatic carbocycles. The summed E-state index contributed by atoms with van der Waals surface area (Å²) in [5.41, 5.74) is 1.92. The Kier molecular flexibility index (Phi) is 5.04. The first-order chi connectivity index (χ1) is 13.1. The smallest absolute Gasteiger partial charge is 0.303 e. The number of nitrogens with zero attached hydrogens (tertiary/aromatic N) is 2. The van der Waals surface area contributed by atoms with Gasteiger partial charge in [0.1, 0.15) is 11.9 Å². The second-order valence-corrected chi connectivity index (χ2v) is 7.83. The molecule has 1 unspecified atom stereocenters. The van der Waals surface area contributed by atoms with Crippen LogP contribution in [0.25, 0.3) is 10.9 Å². The first-order valence-electron chi connectivity index (χ1n) is 9.94. The number of methoxy groups -OCH3 is 1. The van der Waals surface area contributed by atoms with Crippen LogP contribution in [0.5, 0.6) is 5.75 Å². The molecule has 144 valence electrons. The summed E-state index contributed by atoms with van der Waals surface area (Å²) in [5.74, 6) is 2.05. The third-order valence-electron chi connectivity index (χ3n) is 6.39. The molecule has 5 nitrogen and oxygen atoms in total. The number of carbonyl (C=O) groups is 1. The summed E-state index contributed by atoms with van der Waals surface area (Å²) in [4.78, 5) is 19.0. The van der Waals surface area contributed by atoms with Crippen molar-refractivity contribution in [1.29, 1.82) is 0 Å². The topological polar surface area (TPSA) is 51.7 Å². The molecule has 3 fully saturated rings. The average Bonchev–Trinajstić information content (AvgIpc) is 2.71. The lowest BCUT2D eigenvalue weighted by atomic mass is 9.72. The molecule has 4 heterocycles. The lowest BCUT2D eigenvalue weighted by Gasteiger charge is -2.51. The van der Waals surface area contributed by atoms with Crippen LogP contribution in [0.1, 0.15) is 44.8 Å². The highest BCUT2D eigenvalue weighted by Gasteiger charge is 2.44. The van der Waals surface area contributed by atoms with Gasteiger partial charge in [0.2, 0.25) is 0 Å². The van der Waals surface area contributed by atoms with Crippen molar-refractivity contribution < 1.29 is 14.3 Å². The number of carbonyl (C=O) groups excluding carboxylic acids is 1. The van der Waals surface area contributed by atoms with E-state index in [1.54, 1.807) is 7.11 Å². The van der Waals surface area contributed by atoms with E-state index in [0.29, 0.717) is 0 Å². The van der Waals surface area contributed by atoms with Gasteiger partial charge in [-0.1, -0.05) is 13.3 Å². The maximum absolute atomic E-state index is 12.0. The Morgan fingerprint density at radius 2 is 2.22 bits per heavy atom. The molecule has 5 heteroatoms. The number of pyridine rings is 1. The Morgan fingerprint density at radius 1 is 1.37 bits per heavy atom. The SMILES string of the molecule is CC[C@@H]1CN2CC[C@H]1C[C@H]2[C@H](OC(C)=O)c1ccnc2ccc(OC)cc12. The summed E-state index contributed by atoms with van der Waals surface area (Å²) in [6.07, 6.45) is 5.10. The van der Waals surface area contributed by atoms with E-state index in [1.165, 1.54) is 19.8 Å². The molecule has 0 saturated carbocycles. The zero-order valence-electron chi connectivity index (χ0n) is 16.4. The van der Waals surface area contributed by atoms with E-state index < -0.39 is 0 Å². The summed E-state index contributed by atoms with van der Waals surface area (Å²) >= 11 is 0. The molecule has 2 bridgehead atoms. The lowest BCUT2D eigenvalue weighted by molar-refractivity contribution is -0.155. The zero-order valence-corrected chi connectivity index (χ0v) is 16.4. The molecule has 3 aliphatic heterocycles. The Hall–Kier alpha value is -2.14. The molecule has 2 aromatic rings. The number of rotatable bonds is 5. The van der Waals surface area contributed by atoms with Crippen molar-refractivity contribution in [2.45, 2.75) is 45.3 Å². The lowest BCUT2D eigenvalue weighted by Crippen LogP contribution is -2.55. The maximum atomic E-state index is 12.0. The Balaban J connectivity index is 1.75. The molecule has 0 aliphatic carbocycles. The first kappa shape index (κ1) is 18.2. The molecule has 5 atom stereocenters. The normalized spacial score (nSPS) is 28.1. The highest BCUT2D eigenvalue weighted by molar-refractivity contribution is 5.84. The fourth-order valence-corrected chi connectivity index (χ4v) is 5.01. The van der Waals surface area contributed by atoms with Crippen LogP contribution in [0, 0.1) is 11.8 Å². The van der Waals surface area contributed by atoms with Gasteiger partial charge in [-0.25, -0.2) is 0 Å². The average molecular weight is 368 g/mol. The molecule has 3 saturated heterocycles. The summed E-state index contributed by atoms with van der Waals surface area (Å²) in [6, 6.07) is 8.10. The van der Waals surface area contributed by atoms with E-state index in [-0.39, 0.29) is 18.1 Å². The number of ether oxygens (including phenoxy) is 2. The monoisotopic (exact) mass is 368 g/mol. The van der Waals surface area contributed by atoms with Crippen molar-refractivity contribution in [3.63, 3.8) is 0 Å².